The van der Waals surface area contributed by atoms with Gasteiger partial charge in [0.1, 0.15) is 0 Å². The Morgan fingerprint density at radius 3 is 2.50 bits per heavy atom. The first-order valence-corrected chi connectivity index (χ1v) is 11.4. The summed E-state index contributed by atoms with van der Waals surface area (Å²) in [6.45, 7) is 4.47. The summed E-state index contributed by atoms with van der Waals surface area (Å²) in [7, 11) is 0. The first kappa shape index (κ1) is 23.9. The van der Waals surface area contributed by atoms with E-state index >= 15 is 0 Å². The van der Waals surface area contributed by atoms with Crippen molar-refractivity contribution in [2.24, 2.45) is 0 Å². The van der Waals surface area contributed by atoms with Gasteiger partial charge in [0, 0.05) is 38.2 Å². The van der Waals surface area contributed by atoms with Crippen LogP contribution in [0.1, 0.15) is 42.8 Å². The number of carbonyl (C=O) groups is 1. The van der Waals surface area contributed by atoms with Crippen molar-refractivity contribution in [3.63, 3.8) is 0 Å². The largest absolute Gasteiger partial charge is 0.416 e. The highest BCUT2D eigenvalue weighted by Crippen LogP contribution is 2.32. The van der Waals surface area contributed by atoms with Crippen molar-refractivity contribution in [1.29, 1.82) is 0 Å². The molecule has 0 radical (unpaired) electrons. The standard InChI is InChI=1S/C25H27F3N4O2/c1-18(24-29-23(30-34-24)20-10-6-11-21(17-20)25(26,27)28)31-13-15-32(16-14-31)22(33)12-5-9-19-7-3-2-4-8-19/h2-4,6-8,10-11,17-18H,5,9,12-16H2,1H3. The van der Waals surface area contributed by atoms with Gasteiger partial charge >= 0.3 is 6.18 Å². The van der Waals surface area contributed by atoms with Crippen LogP contribution in [-0.4, -0.2) is 52.0 Å². The molecular weight excluding hydrogens is 445 g/mol. The van der Waals surface area contributed by atoms with Gasteiger partial charge in [0.15, 0.2) is 0 Å². The Morgan fingerprint density at radius 2 is 1.79 bits per heavy atom. The van der Waals surface area contributed by atoms with E-state index in [1.807, 2.05) is 30.0 Å². The number of halogens is 3. The van der Waals surface area contributed by atoms with Crippen molar-refractivity contribution in [2.75, 3.05) is 26.2 Å². The molecule has 0 bridgehead atoms. The van der Waals surface area contributed by atoms with Gasteiger partial charge in [-0.1, -0.05) is 47.6 Å². The van der Waals surface area contributed by atoms with Gasteiger partial charge in [0.25, 0.3) is 0 Å². The molecule has 1 unspecified atom stereocenters. The quantitative estimate of drug-likeness (QED) is 0.485. The van der Waals surface area contributed by atoms with Crippen molar-refractivity contribution in [3.05, 3.63) is 71.6 Å². The number of hydrogen-bond acceptors (Lipinski definition) is 5. The van der Waals surface area contributed by atoms with Crippen molar-refractivity contribution >= 4 is 5.91 Å². The molecule has 1 aromatic heterocycles. The zero-order valence-electron chi connectivity index (χ0n) is 19.0. The van der Waals surface area contributed by atoms with E-state index in [0.29, 0.717) is 38.5 Å². The van der Waals surface area contributed by atoms with E-state index in [1.54, 1.807) is 0 Å². The lowest BCUT2D eigenvalue weighted by molar-refractivity contribution is -0.137. The van der Waals surface area contributed by atoms with E-state index in [1.165, 1.54) is 17.7 Å². The molecule has 1 aliphatic heterocycles. The number of amides is 1. The zero-order valence-corrected chi connectivity index (χ0v) is 19.0. The van der Waals surface area contributed by atoms with Crippen molar-refractivity contribution < 1.29 is 22.5 Å². The fourth-order valence-electron chi connectivity index (χ4n) is 4.12. The summed E-state index contributed by atoms with van der Waals surface area (Å²) in [5, 5.41) is 3.88. The second kappa shape index (κ2) is 10.4. The molecule has 1 atom stereocenters. The molecule has 1 aliphatic rings. The number of rotatable bonds is 7. The molecule has 6 nitrogen and oxygen atoms in total. The predicted octanol–water partition coefficient (Wildman–Crippen LogP) is 4.98. The van der Waals surface area contributed by atoms with Crippen LogP contribution in [0.2, 0.25) is 0 Å². The predicted molar refractivity (Wildman–Crippen MR) is 121 cm³/mol. The minimum atomic E-state index is -4.44. The van der Waals surface area contributed by atoms with Crippen LogP contribution < -0.4 is 0 Å². The van der Waals surface area contributed by atoms with E-state index in [0.717, 1.165) is 25.0 Å². The molecule has 0 spiro atoms. The Morgan fingerprint density at radius 1 is 1.06 bits per heavy atom. The number of aryl methyl sites for hydroxylation is 1. The maximum absolute atomic E-state index is 13.0. The fraction of sp³-hybridized carbons (Fsp3) is 0.400. The summed E-state index contributed by atoms with van der Waals surface area (Å²) in [4.78, 5) is 20.9. The molecular formula is C25H27F3N4O2. The molecule has 0 saturated carbocycles. The van der Waals surface area contributed by atoms with Crippen LogP contribution in [0, 0.1) is 0 Å². The normalized spacial score (nSPS) is 15.9. The van der Waals surface area contributed by atoms with Crippen LogP contribution in [-0.2, 0) is 17.4 Å². The number of benzene rings is 2. The first-order chi connectivity index (χ1) is 16.3. The molecule has 3 aromatic rings. The minimum absolute atomic E-state index is 0.125. The fourth-order valence-corrected chi connectivity index (χ4v) is 4.12. The SMILES string of the molecule is CC(c1nc(-c2cccc(C(F)(F)F)c2)no1)N1CCN(C(=O)CCCc2ccccc2)CC1. The number of piperazine rings is 1. The van der Waals surface area contributed by atoms with Gasteiger partial charge in [-0.2, -0.15) is 18.2 Å². The Labute approximate surface area is 196 Å². The zero-order chi connectivity index (χ0) is 24.1. The second-order valence-electron chi connectivity index (χ2n) is 8.47. The maximum Gasteiger partial charge on any atom is 0.416 e. The Hall–Kier alpha value is -3.20. The van der Waals surface area contributed by atoms with Gasteiger partial charge in [-0.3, -0.25) is 9.69 Å². The number of hydrogen-bond donors (Lipinski definition) is 0. The van der Waals surface area contributed by atoms with Crippen LogP contribution >= 0.6 is 0 Å². The second-order valence-corrected chi connectivity index (χ2v) is 8.47. The van der Waals surface area contributed by atoms with Crippen LogP contribution in [0.4, 0.5) is 13.2 Å². The summed E-state index contributed by atoms with van der Waals surface area (Å²) in [5.41, 5.74) is 0.731. The lowest BCUT2D eigenvalue weighted by Gasteiger charge is -2.36. The smallest absolute Gasteiger partial charge is 0.340 e. The van der Waals surface area contributed by atoms with Gasteiger partial charge in [-0.05, 0) is 37.5 Å². The van der Waals surface area contributed by atoms with Gasteiger partial charge in [0.05, 0.1) is 11.6 Å². The molecule has 2 aromatic carbocycles. The summed E-state index contributed by atoms with van der Waals surface area (Å²) in [6.07, 6.45) is -2.21. The average molecular weight is 473 g/mol. The lowest BCUT2D eigenvalue weighted by Crippen LogP contribution is -2.49. The Balaban J connectivity index is 1.29. The molecule has 1 saturated heterocycles. The van der Waals surface area contributed by atoms with Gasteiger partial charge in [-0.15, -0.1) is 0 Å². The number of nitrogens with zero attached hydrogens (tertiary/aromatic N) is 4. The average Bonchev–Trinajstić information content (AvgIpc) is 3.34. The molecule has 0 aliphatic carbocycles. The van der Waals surface area contributed by atoms with Crippen molar-refractivity contribution in [2.45, 2.75) is 38.4 Å². The third-order valence-corrected chi connectivity index (χ3v) is 6.16. The van der Waals surface area contributed by atoms with E-state index in [-0.39, 0.29) is 23.3 Å². The highest BCUT2D eigenvalue weighted by molar-refractivity contribution is 5.76. The van der Waals surface area contributed by atoms with E-state index < -0.39 is 11.7 Å². The molecule has 1 fully saturated rings. The molecule has 34 heavy (non-hydrogen) atoms. The summed E-state index contributed by atoms with van der Waals surface area (Å²) in [6, 6.07) is 14.8. The van der Waals surface area contributed by atoms with Crippen LogP contribution in [0.15, 0.2) is 59.1 Å². The number of aromatic nitrogens is 2. The molecule has 2 heterocycles. The van der Waals surface area contributed by atoms with Gasteiger partial charge in [0.2, 0.25) is 17.6 Å². The number of carbonyl (C=O) groups excluding carboxylic acids is 1. The van der Waals surface area contributed by atoms with Crippen molar-refractivity contribution in [3.8, 4) is 11.4 Å². The summed E-state index contributed by atoms with van der Waals surface area (Å²) in [5.74, 6) is 0.628. The molecule has 4 rings (SSSR count). The van der Waals surface area contributed by atoms with Crippen LogP contribution in [0.25, 0.3) is 11.4 Å². The summed E-state index contributed by atoms with van der Waals surface area (Å²) < 4.78 is 44.4. The third kappa shape index (κ3) is 5.83. The topological polar surface area (TPSA) is 62.5 Å². The highest BCUT2D eigenvalue weighted by atomic mass is 19.4. The monoisotopic (exact) mass is 472 g/mol. The van der Waals surface area contributed by atoms with Gasteiger partial charge < -0.3 is 9.42 Å². The maximum atomic E-state index is 13.0. The van der Waals surface area contributed by atoms with E-state index in [2.05, 4.69) is 27.2 Å². The van der Waals surface area contributed by atoms with Crippen LogP contribution in [0.3, 0.4) is 0 Å². The Kier molecular flexibility index (Phi) is 7.31. The molecule has 1 amide bonds. The molecule has 180 valence electrons. The van der Waals surface area contributed by atoms with Crippen molar-refractivity contribution in [1.82, 2.24) is 19.9 Å². The van der Waals surface area contributed by atoms with Gasteiger partial charge in [-0.25, -0.2) is 0 Å². The molecule has 0 N–H and O–H groups in total. The Bertz CT molecular complexity index is 1090. The summed E-state index contributed by atoms with van der Waals surface area (Å²) >= 11 is 0. The lowest BCUT2D eigenvalue weighted by atomic mass is 10.1. The third-order valence-electron chi connectivity index (χ3n) is 6.16. The van der Waals surface area contributed by atoms with Crippen LogP contribution in [0.5, 0.6) is 0 Å². The van der Waals surface area contributed by atoms with E-state index in [4.69, 9.17) is 4.52 Å². The first-order valence-electron chi connectivity index (χ1n) is 11.4. The molecule has 9 heteroatoms. The highest BCUT2D eigenvalue weighted by Gasteiger charge is 2.31. The van der Waals surface area contributed by atoms with E-state index in [9.17, 15) is 18.0 Å². The minimum Gasteiger partial charge on any atom is -0.340 e. The number of alkyl halides is 3.